The van der Waals surface area contributed by atoms with Crippen LogP contribution in [0.1, 0.15) is 22.3 Å². The Kier molecular flexibility index (Phi) is 11.1. The lowest BCUT2D eigenvalue weighted by Crippen LogP contribution is -2.10. The average Bonchev–Trinajstić information content (AvgIpc) is 3.90. The summed E-state index contributed by atoms with van der Waals surface area (Å²) in [6, 6.07) is 77.9. The van der Waals surface area contributed by atoms with Crippen LogP contribution in [0.25, 0.3) is 86.9 Å². The molecular weight excluding hydrogens is 839 g/mol. The van der Waals surface area contributed by atoms with E-state index in [1.54, 1.807) is 24.3 Å². The van der Waals surface area contributed by atoms with Gasteiger partial charge in [0.1, 0.15) is 11.5 Å². The van der Waals surface area contributed by atoms with E-state index in [0.29, 0.717) is 0 Å². The lowest BCUT2D eigenvalue weighted by Gasteiger charge is -2.27. The smallest absolute Gasteiger partial charge is 0.115 e. The third kappa shape index (κ3) is 7.68. The first-order chi connectivity index (χ1) is 33.7. The van der Waals surface area contributed by atoms with Gasteiger partial charge in [-0.05, 0) is 169 Å². The van der Waals surface area contributed by atoms with Gasteiger partial charge in [0.05, 0.1) is 5.69 Å². The molecule has 0 bridgehead atoms. The molecule has 0 aliphatic heterocycles. The highest BCUT2D eigenvalue weighted by molar-refractivity contribution is 6.47. The van der Waals surface area contributed by atoms with Gasteiger partial charge >= 0.3 is 0 Å². The van der Waals surface area contributed by atoms with Gasteiger partial charge in [-0.2, -0.15) is 0 Å². The predicted molar refractivity (Wildman–Crippen MR) is 295 cm³/mol. The van der Waals surface area contributed by atoms with Crippen molar-refractivity contribution in [1.29, 1.82) is 0 Å². The van der Waals surface area contributed by atoms with Crippen LogP contribution in [0, 0.1) is 27.7 Å². The molecule has 0 saturated heterocycles. The van der Waals surface area contributed by atoms with Crippen molar-refractivity contribution in [2.45, 2.75) is 27.7 Å². The van der Waals surface area contributed by atoms with Crippen LogP contribution in [-0.2, 0) is 0 Å². The van der Waals surface area contributed by atoms with Gasteiger partial charge in [-0.25, -0.2) is 0 Å². The first-order valence-electron chi connectivity index (χ1n) is 23.6. The SMILES string of the molecule is Cc1ccc(C)cc1.Cc1ccc2c3c(-c4ccccc4)c4c5cccc6c(N(c7ccc(O)cc7)c7ccc(O)cc7)ccc(c4c(-c4ccccc4)c3c3cccc1c23)c65.Cc1ccccc1. The van der Waals surface area contributed by atoms with Crippen LogP contribution in [0.4, 0.5) is 17.1 Å². The number of rotatable bonds is 5. The van der Waals surface area contributed by atoms with Gasteiger partial charge in [0.15, 0.2) is 0 Å². The summed E-state index contributed by atoms with van der Waals surface area (Å²) in [4.78, 5) is 2.21. The van der Waals surface area contributed by atoms with E-state index < -0.39 is 0 Å². The molecule has 0 amide bonds. The third-order valence-electron chi connectivity index (χ3n) is 13.6. The summed E-state index contributed by atoms with van der Waals surface area (Å²) in [6.07, 6.45) is 0. The van der Waals surface area contributed by atoms with E-state index in [2.05, 4.69) is 190 Å². The minimum atomic E-state index is 0.211. The molecule has 0 fully saturated rings. The number of anilines is 3. The van der Waals surface area contributed by atoms with Crippen molar-refractivity contribution in [2.24, 2.45) is 0 Å². The van der Waals surface area contributed by atoms with E-state index >= 15 is 0 Å². The maximum absolute atomic E-state index is 10.2. The van der Waals surface area contributed by atoms with E-state index in [1.165, 1.54) is 104 Å². The van der Waals surface area contributed by atoms with Crippen LogP contribution >= 0.6 is 0 Å². The Morgan fingerprint density at radius 1 is 0.275 bits per heavy atom. The topological polar surface area (TPSA) is 43.7 Å². The number of hydrogen-bond donors (Lipinski definition) is 2. The standard InChI is InChI=1S/C51H33NO2.C8H10.C7H8/c1-30-18-27-41-46-37(30)14-8-16-39(46)48-44(31-10-4-2-5-11-31)51-42-28-29-43(52(33-19-23-35(53)24-20-33)34-21-25-36(54)26-22-34)38-15-9-17-40(47(38)42)49(51)45(50(41)48)32-12-6-3-7-13-32;1-7-3-5-8(2)6-4-7;1-7-5-3-2-4-6-7/h2-29,53-54H,1H3;3-6H,1-2H3;2-6H,1H3. The van der Waals surface area contributed by atoms with Gasteiger partial charge in [0.25, 0.3) is 0 Å². The zero-order valence-electron chi connectivity index (χ0n) is 39.2. The van der Waals surface area contributed by atoms with Gasteiger partial charge in [0, 0.05) is 16.8 Å². The maximum Gasteiger partial charge on any atom is 0.115 e. The molecule has 13 aromatic rings. The summed E-state index contributed by atoms with van der Waals surface area (Å²) in [7, 11) is 0. The Morgan fingerprint density at radius 3 is 1.07 bits per heavy atom. The molecule has 0 atom stereocenters. The number of benzene rings is 11. The van der Waals surface area contributed by atoms with Gasteiger partial charge in [-0.15, -0.1) is 0 Å². The van der Waals surface area contributed by atoms with Crippen molar-refractivity contribution in [3.8, 4) is 33.8 Å². The second-order valence-electron chi connectivity index (χ2n) is 18.2. The zero-order chi connectivity index (χ0) is 47.2. The van der Waals surface area contributed by atoms with Gasteiger partial charge in [-0.1, -0.05) is 187 Å². The molecule has 0 saturated carbocycles. The maximum atomic E-state index is 10.2. The fraction of sp³-hybridized carbons (Fsp3) is 0.0606. The third-order valence-corrected chi connectivity index (χ3v) is 13.6. The summed E-state index contributed by atoms with van der Waals surface area (Å²) < 4.78 is 0. The van der Waals surface area contributed by atoms with Crippen molar-refractivity contribution in [1.82, 2.24) is 0 Å². The first kappa shape index (κ1) is 42.9. The number of aryl methyl sites for hydroxylation is 4. The molecule has 3 heteroatoms. The zero-order valence-corrected chi connectivity index (χ0v) is 39.2. The molecule has 13 aromatic carbocycles. The van der Waals surface area contributed by atoms with Crippen molar-refractivity contribution >= 4 is 81.7 Å². The molecule has 0 aliphatic carbocycles. The van der Waals surface area contributed by atoms with E-state index in [1.807, 2.05) is 42.5 Å². The van der Waals surface area contributed by atoms with Crippen LogP contribution in [0.5, 0.6) is 11.5 Å². The van der Waals surface area contributed by atoms with Crippen LogP contribution in [-0.4, -0.2) is 10.2 Å². The second-order valence-corrected chi connectivity index (χ2v) is 18.2. The molecule has 0 spiro atoms. The fourth-order valence-electron chi connectivity index (χ4n) is 10.4. The predicted octanol–water partition coefficient (Wildman–Crippen LogP) is 18.3. The lowest BCUT2D eigenvalue weighted by molar-refractivity contribution is 0.475. The number of phenols is 2. The summed E-state index contributed by atoms with van der Waals surface area (Å²) >= 11 is 0. The highest BCUT2D eigenvalue weighted by atomic mass is 16.3. The van der Waals surface area contributed by atoms with E-state index in [0.717, 1.165) is 22.4 Å². The van der Waals surface area contributed by atoms with Crippen LogP contribution < -0.4 is 4.90 Å². The molecule has 0 aromatic heterocycles. The molecular formula is C66H51NO2. The Morgan fingerprint density at radius 2 is 0.638 bits per heavy atom. The number of hydrogen-bond acceptors (Lipinski definition) is 3. The lowest BCUT2D eigenvalue weighted by atomic mass is 9.87. The molecule has 13 rings (SSSR count). The van der Waals surface area contributed by atoms with Crippen LogP contribution in [0.15, 0.2) is 224 Å². The molecule has 0 aliphatic rings. The number of phenolic OH excluding ortho intramolecular Hbond substituents is 2. The van der Waals surface area contributed by atoms with E-state index in [-0.39, 0.29) is 11.5 Å². The van der Waals surface area contributed by atoms with Crippen LogP contribution in [0.2, 0.25) is 0 Å². The van der Waals surface area contributed by atoms with Gasteiger partial charge in [0.2, 0.25) is 0 Å². The molecule has 332 valence electrons. The number of fused-ring (bicyclic) bond motifs is 6. The number of aromatic hydroxyl groups is 2. The quantitative estimate of drug-likeness (QED) is 0.181. The molecule has 0 unspecified atom stereocenters. The summed E-state index contributed by atoms with van der Waals surface area (Å²) in [5.74, 6) is 0.422. The number of nitrogens with zero attached hydrogens (tertiary/aromatic N) is 1. The average molecular weight is 890 g/mol. The van der Waals surface area contributed by atoms with Gasteiger partial charge < -0.3 is 15.1 Å². The fourth-order valence-corrected chi connectivity index (χ4v) is 10.4. The first-order valence-corrected chi connectivity index (χ1v) is 23.6. The van der Waals surface area contributed by atoms with Crippen molar-refractivity contribution < 1.29 is 10.2 Å². The highest BCUT2D eigenvalue weighted by Gasteiger charge is 2.28. The molecule has 2 N–H and O–H groups in total. The molecule has 3 nitrogen and oxygen atoms in total. The second kappa shape index (κ2) is 17.9. The van der Waals surface area contributed by atoms with Crippen molar-refractivity contribution in [2.75, 3.05) is 4.90 Å². The monoisotopic (exact) mass is 889 g/mol. The van der Waals surface area contributed by atoms with Gasteiger partial charge in [-0.3, -0.25) is 0 Å². The minimum absolute atomic E-state index is 0.211. The van der Waals surface area contributed by atoms with E-state index in [4.69, 9.17) is 0 Å². The van der Waals surface area contributed by atoms with Crippen molar-refractivity contribution in [3.63, 3.8) is 0 Å². The minimum Gasteiger partial charge on any atom is -0.508 e. The summed E-state index contributed by atoms with van der Waals surface area (Å²) in [5, 5.41) is 35.6. The molecule has 0 heterocycles. The Hall–Kier alpha value is -8.66. The molecule has 0 radical (unpaired) electrons. The molecule has 69 heavy (non-hydrogen) atoms. The van der Waals surface area contributed by atoms with E-state index in [9.17, 15) is 10.2 Å². The van der Waals surface area contributed by atoms with Crippen LogP contribution in [0.3, 0.4) is 0 Å². The largest absolute Gasteiger partial charge is 0.508 e. The Labute approximate surface area is 403 Å². The van der Waals surface area contributed by atoms with Crippen molar-refractivity contribution in [3.05, 3.63) is 247 Å². The normalized spacial score (nSPS) is 11.3. The Bertz CT molecular complexity index is 3740. The Balaban J connectivity index is 0.000000297. The summed E-state index contributed by atoms with van der Waals surface area (Å²) in [6.45, 7) is 8.50. The highest BCUT2D eigenvalue weighted by Crippen LogP contribution is 2.56. The summed E-state index contributed by atoms with van der Waals surface area (Å²) in [5.41, 5.74) is 13.0.